The lowest BCUT2D eigenvalue weighted by Crippen LogP contribution is -2.60. The highest BCUT2D eigenvalue weighted by Gasteiger charge is 2.43. The monoisotopic (exact) mass is 517 g/mol. The molecule has 0 heterocycles. The van der Waals surface area contributed by atoms with Crippen LogP contribution in [-0.2, 0) is 14.3 Å². The fourth-order valence-corrected chi connectivity index (χ4v) is 4.43. The van der Waals surface area contributed by atoms with Crippen molar-refractivity contribution in [2.75, 3.05) is 6.54 Å². The lowest BCUT2D eigenvalue weighted by molar-refractivity contribution is -0.149. The second kappa shape index (κ2) is 13.8. The molecule has 0 spiro atoms. The molecule has 0 radical (unpaired) electrons. The Kier molecular flexibility index (Phi) is 12.1. The van der Waals surface area contributed by atoms with Crippen molar-refractivity contribution < 1.29 is 19.1 Å². The van der Waals surface area contributed by atoms with Gasteiger partial charge in [0.1, 0.15) is 17.7 Å². The quantitative estimate of drug-likeness (QED) is 0.341. The Morgan fingerprint density at radius 2 is 1.54 bits per heavy atom. The molecule has 2 N–H and O–H groups in total. The minimum absolute atomic E-state index is 0.170. The van der Waals surface area contributed by atoms with Crippen LogP contribution in [0.2, 0.25) is 0 Å². The van der Waals surface area contributed by atoms with Crippen molar-refractivity contribution >= 4 is 17.9 Å². The maximum absolute atomic E-state index is 14.4. The molecule has 1 aromatic rings. The van der Waals surface area contributed by atoms with Crippen LogP contribution < -0.4 is 10.6 Å². The van der Waals surface area contributed by atoms with Crippen molar-refractivity contribution in [1.82, 2.24) is 15.5 Å². The van der Waals surface area contributed by atoms with E-state index in [4.69, 9.17) is 4.74 Å². The molecule has 0 aromatic heterocycles. The van der Waals surface area contributed by atoms with E-state index in [1.165, 1.54) is 0 Å². The van der Waals surface area contributed by atoms with Gasteiger partial charge in [-0.2, -0.15) is 0 Å². The van der Waals surface area contributed by atoms with Crippen molar-refractivity contribution in [3.05, 3.63) is 34.9 Å². The Balaban J connectivity index is 3.63. The highest BCUT2D eigenvalue weighted by Crippen LogP contribution is 2.34. The number of rotatable bonds is 11. The van der Waals surface area contributed by atoms with Crippen LogP contribution in [0, 0.1) is 19.8 Å². The minimum Gasteiger partial charge on any atom is -0.444 e. The second-order valence-corrected chi connectivity index (χ2v) is 12.1. The highest BCUT2D eigenvalue weighted by molar-refractivity contribution is 5.93. The summed E-state index contributed by atoms with van der Waals surface area (Å²) in [6.07, 6.45) is 2.97. The van der Waals surface area contributed by atoms with Gasteiger partial charge in [0.25, 0.3) is 0 Å². The molecule has 0 aliphatic heterocycles. The van der Waals surface area contributed by atoms with Crippen molar-refractivity contribution in [2.24, 2.45) is 5.92 Å². The van der Waals surface area contributed by atoms with Gasteiger partial charge in [0.2, 0.25) is 11.8 Å². The molecule has 0 saturated carbocycles. The van der Waals surface area contributed by atoms with Crippen molar-refractivity contribution in [2.45, 2.75) is 125 Å². The Labute approximate surface area is 225 Å². The molecule has 0 bridgehead atoms. The zero-order valence-electron chi connectivity index (χ0n) is 25.1. The van der Waals surface area contributed by atoms with Gasteiger partial charge in [0.05, 0.1) is 0 Å². The van der Waals surface area contributed by atoms with Crippen molar-refractivity contribution in [1.29, 1.82) is 0 Å². The van der Waals surface area contributed by atoms with E-state index in [2.05, 4.69) is 17.6 Å². The van der Waals surface area contributed by atoms with E-state index in [9.17, 15) is 14.4 Å². The average molecular weight is 518 g/mol. The van der Waals surface area contributed by atoms with Crippen LogP contribution in [0.15, 0.2) is 18.2 Å². The number of aryl methyl sites for hydroxylation is 2. The van der Waals surface area contributed by atoms with Crippen LogP contribution in [-0.4, -0.2) is 46.5 Å². The number of hydrogen-bond acceptors (Lipinski definition) is 4. The Morgan fingerprint density at radius 1 is 0.973 bits per heavy atom. The number of unbranched alkanes of at least 4 members (excludes halogenated alkanes) is 2. The van der Waals surface area contributed by atoms with Gasteiger partial charge in [-0.3, -0.25) is 9.59 Å². The highest BCUT2D eigenvalue weighted by atomic mass is 16.6. The lowest BCUT2D eigenvalue weighted by atomic mass is 9.88. The first kappa shape index (κ1) is 32.5. The summed E-state index contributed by atoms with van der Waals surface area (Å²) in [5.74, 6) is -0.683. The predicted octanol–water partition coefficient (Wildman–Crippen LogP) is 6.22. The van der Waals surface area contributed by atoms with Gasteiger partial charge in [-0.05, 0) is 84.4 Å². The number of carbonyl (C=O) groups is 3. The number of nitrogens with one attached hydrogen (secondary N) is 2. The standard InChI is InChI=1S/C30H51N3O4/c1-12-14-15-19-31-26(34)25(23-21(4)17-16-18-22(23)5)33(29(6,7)8)27(35)24(20(3)13-2)32-28(36)37-30(9,10)11/h16-18,20,24-25H,12-15,19H2,1-11H3,(H,31,34)(H,32,36). The molecule has 210 valence electrons. The van der Waals surface area contributed by atoms with E-state index in [-0.39, 0.29) is 17.7 Å². The molecule has 7 nitrogen and oxygen atoms in total. The van der Waals surface area contributed by atoms with Gasteiger partial charge in [0, 0.05) is 12.1 Å². The topological polar surface area (TPSA) is 87.7 Å². The van der Waals surface area contributed by atoms with Gasteiger partial charge in [0.15, 0.2) is 0 Å². The molecule has 3 unspecified atom stereocenters. The summed E-state index contributed by atoms with van der Waals surface area (Å²) in [7, 11) is 0. The van der Waals surface area contributed by atoms with E-state index in [1.54, 1.807) is 25.7 Å². The summed E-state index contributed by atoms with van der Waals surface area (Å²) >= 11 is 0. The summed E-state index contributed by atoms with van der Waals surface area (Å²) in [5.41, 5.74) is 1.29. The molecule has 3 atom stereocenters. The van der Waals surface area contributed by atoms with Crippen LogP contribution in [0.3, 0.4) is 0 Å². The predicted molar refractivity (Wildman–Crippen MR) is 150 cm³/mol. The maximum Gasteiger partial charge on any atom is 0.408 e. The van der Waals surface area contributed by atoms with Gasteiger partial charge >= 0.3 is 6.09 Å². The van der Waals surface area contributed by atoms with E-state index < -0.39 is 29.3 Å². The van der Waals surface area contributed by atoms with Crippen molar-refractivity contribution in [3.8, 4) is 0 Å². The van der Waals surface area contributed by atoms with E-state index in [1.807, 2.05) is 66.7 Å². The third kappa shape index (κ3) is 9.67. The van der Waals surface area contributed by atoms with Crippen molar-refractivity contribution in [3.63, 3.8) is 0 Å². The zero-order chi connectivity index (χ0) is 28.6. The van der Waals surface area contributed by atoms with E-state index in [0.29, 0.717) is 13.0 Å². The summed E-state index contributed by atoms with van der Waals surface area (Å²) < 4.78 is 5.49. The van der Waals surface area contributed by atoms with Gasteiger partial charge in [-0.15, -0.1) is 0 Å². The minimum atomic E-state index is -0.848. The van der Waals surface area contributed by atoms with Crippen LogP contribution in [0.5, 0.6) is 0 Å². The SMILES string of the molecule is CCCCCNC(=O)C(c1c(C)cccc1C)N(C(=O)C(NC(=O)OC(C)(C)C)C(C)CC)C(C)(C)C. The molecule has 3 amide bonds. The molecule has 1 rings (SSSR count). The fraction of sp³-hybridized carbons (Fsp3) is 0.700. The smallest absolute Gasteiger partial charge is 0.408 e. The van der Waals surface area contributed by atoms with Crippen LogP contribution in [0.25, 0.3) is 0 Å². The number of nitrogens with zero attached hydrogens (tertiary/aromatic N) is 1. The molecular weight excluding hydrogens is 466 g/mol. The summed E-state index contributed by atoms with van der Waals surface area (Å²) in [6.45, 7) is 21.7. The number of ether oxygens (including phenoxy) is 1. The van der Waals surface area contributed by atoms with Gasteiger partial charge in [-0.1, -0.05) is 58.2 Å². The van der Waals surface area contributed by atoms with E-state index >= 15 is 0 Å². The van der Waals surface area contributed by atoms with Gasteiger partial charge < -0.3 is 20.3 Å². The largest absolute Gasteiger partial charge is 0.444 e. The first-order valence-corrected chi connectivity index (χ1v) is 13.7. The maximum atomic E-state index is 14.4. The number of carbonyl (C=O) groups excluding carboxylic acids is 3. The Morgan fingerprint density at radius 3 is 2.00 bits per heavy atom. The summed E-state index contributed by atoms with van der Waals surface area (Å²) in [6, 6.07) is 4.20. The lowest BCUT2D eigenvalue weighted by Gasteiger charge is -2.44. The zero-order valence-corrected chi connectivity index (χ0v) is 25.1. The normalized spacial score (nSPS) is 14.4. The van der Waals surface area contributed by atoms with E-state index in [0.717, 1.165) is 36.0 Å². The number of benzene rings is 1. The molecule has 1 aromatic carbocycles. The Hall–Kier alpha value is -2.57. The van der Waals surface area contributed by atoms with Gasteiger partial charge in [-0.25, -0.2) is 4.79 Å². The summed E-state index contributed by atoms with van der Waals surface area (Å²) in [4.78, 5) is 42.7. The Bertz CT molecular complexity index is 894. The summed E-state index contributed by atoms with van der Waals surface area (Å²) in [5, 5.41) is 5.91. The molecular formula is C30H51N3O4. The first-order chi connectivity index (χ1) is 17.0. The van der Waals surface area contributed by atoms with Crippen LogP contribution in [0.1, 0.15) is 111 Å². The van der Waals surface area contributed by atoms with Crippen LogP contribution in [0.4, 0.5) is 4.79 Å². The molecule has 0 aliphatic carbocycles. The second-order valence-electron chi connectivity index (χ2n) is 12.1. The number of alkyl carbamates (subject to hydrolysis) is 1. The number of hydrogen-bond donors (Lipinski definition) is 2. The third-order valence-corrected chi connectivity index (χ3v) is 6.51. The number of amides is 3. The molecule has 37 heavy (non-hydrogen) atoms. The third-order valence-electron chi connectivity index (χ3n) is 6.51. The molecule has 0 aliphatic rings. The molecule has 0 fully saturated rings. The first-order valence-electron chi connectivity index (χ1n) is 13.7. The van der Waals surface area contributed by atoms with Crippen LogP contribution >= 0.6 is 0 Å². The fourth-order valence-electron chi connectivity index (χ4n) is 4.43. The molecule has 7 heteroatoms. The molecule has 0 saturated heterocycles. The average Bonchev–Trinajstić information content (AvgIpc) is 2.76.